The molecule has 3 atom stereocenters. The molecule has 39 heavy (non-hydrogen) atoms. The Morgan fingerprint density at radius 1 is 1.13 bits per heavy atom. The number of halogens is 1. The van der Waals surface area contributed by atoms with Gasteiger partial charge in [-0.15, -0.1) is 0 Å². The van der Waals surface area contributed by atoms with Gasteiger partial charge in [0.1, 0.15) is 6.17 Å². The number of nitrogens with one attached hydrogen (secondary N) is 2. The van der Waals surface area contributed by atoms with Crippen LogP contribution in [0.25, 0.3) is 22.3 Å². The third-order valence-corrected chi connectivity index (χ3v) is 8.08. The van der Waals surface area contributed by atoms with E-state index in [0.29, 0.717) is 47.9 Å². The number of ether oxygens (including phenoxy) is 1. The van der Waals surface area contributed by atoms with Crippen molar-refractivity contribution >= 4 is 28.6 Å². The van der Waals surface area contributed by atoms with E-state index in [2.05, 4.69) is 25.3 Å². The number of imidazole rings is 1. The van der Waals surface area contributed by atoms with E-state index in [4.69, 9.17) is 9.72 Å². The zero-order chi connectivity index (χ0) is 26.7. The molecule has 9 nitrogen and oxygen atoms in total. The van der Waals surface area contributed by atoms with Crippen LogP contribution in [0, 0.1) is 18.8 Å². The van der Waals surface area contributed by atoms with Crippen LogP contribution in [-0.4, -0.2) is 49.0 Å². The third-order valence-electron chi connectivity index (χ3n) is 8.08. The van der Waals surface area contributed by atoms with Crippen molar-refractivity contribution in [3.8, 4) is 17.1 Å². The first kappa shape index (κ1) is 24.1. The van der Waals surface area contributed by atoms with Gasteiger partial charge in [-0.05, 0) is 74.8 Å². The third kappa shape index (κ3) is 4.72. The van der Waals surface area contributed by atoms with Gasteiger partial charge in [-0.25, -0.2) is 14.1 Å². The van der Waals surface area contributed by atoms with Gasteiger partial charge in [0.25, 0.3) is 5.91 Å². The molecular formula is C29H32FN7O2. The summed E-state index contributed by atoms with van der Waals surface area (Å²) in [6.07, 6.45) is 5.85. The molecule has 2 saturated carbocycles. The van der Waals surface area contributed by atoms with Crippen LogP contribution in [0.1, 0.15) is 48.2 Å². The van der Waals surface area contributed by atoms with Crippen LogP contribution >= 0.6 is 0 Å². The van der Waals surface area contributed by atoms with Crippen molar-refractivity contribution in [2.75, 3.05) is 17.2 Å². The van der Waals surface area contributed by atoms with E-state index in [0.717, 1.165) is 47.4 Å². The topological polar surface area (TPSA) is 98.9 Å². The summed E-state index contributed by atoms with van der Waals surface area (Å²) in [5, 5.41) is 10.7. The first-order valence-electron chi connectivity index (χ1n) is 13.8. The fourth-order valence-corrected chi connectivity index (χ4v) is 5.70. The van der Waals surface area contributed by atoms with Gasteiger partial charge in [-0.2, -0.15) is 5.10 Å². The number of aryl methyl sites for hydroxylation is 2. The number of aromatic nitrogens is 5. The Morgan fingerprint density at radius 3 is 2.77 bits per heavy atom. The number of carbonyl (C=O) groups excluding carboxylic acids is 1. The van der Waals surface area contributed by atoms with E-state index in [1.807, 2.05) is 32.2 Å². The molecule has 1 aromatic carbocycles. The van der Waals surface area contributed by atoms with Gasteiger partial charge < -0.3 is 14.6 Å². The molecule has 3 unspecified atom stereocenters. The Balaban J connectivity index is 1.30. The number of carbonyl (C=O) groups is 1. The number of alkyl halides is 1. The molecule has 3 aliphatic rings. The molecule has 2 N–H and O–H groups in total. The molecular weight excluding hydrogens is 497 g/mol. The van der Waals surface area contributed by atoms with Crippen LogP contribution in [-0.2, 0) is 13.6 Å². The van der Waals surface area contributed by atoms with E-state index in [1.54, 1.807) is 23.0 Å². The van der Waals surface area contributed by atoms with Crippen molar-refractivity contribution in [2.45, 2.75) is 57.8 Å². The second-order valence-electron chi connectivity index (χ2n) is 11.2. The molecule has 1 aliphatic heterocycles. The molecule has 3 aromatic heterocycles. The molecule has 7 rings (SSSR count). The maximum Gasteiger partial charge on any atom is 0.258 e. The van der Waals surface area contributed by atoms with Crippen molar-refractivity contribution in [3.05, 3.63) is 47.8 Å². The number of rotatable bonds is 3. The quantitative estimate of drug-likeness (QED) is 0.383. The summed E-state index contributed by atoms with van der Waals surface area (Å²) in [6.45, 7) is 3.21. The summed E-state index contributed by atoms with van der Waals surface area (Å²) in [4.78, 5) is 23.1. The van der Waals surface area contributed by atoms with E-state index in [1.165, 1.54) is 12.8 Å². The second kappa shape index (κ2) is 9.36. The van der Waals surface area contributed by atoms with Gasteiger partial charge in [-0.1, -0.05) is 0 Å². The lowest BCUT2D eigenvalue weighted by atomic mass is 9.97. The summed E-state index contributed by atoms with van der Waals surface area (Å²) in [5.41, 5.74) is 5.20. The fraction of sp³-hybridized carbons (Fsp3) is 0.448. The Bertz CT molecular complexity index is 1570. The summed E-state index contributed by atoms with van der Waals surface area (Å²) < 4.78 is 23.6. The lowest BCUT2D eigenvalue weighted by Gasteiger charge is -2.19. The van der Waals surface area contributed by atoms with Crippen molar-refractivity contribution in [2.24, 2.45) is 18.9 Å². The Morgan fingerprint density at radius 2 is 1.97 bits per heavy atom. The first-order valence-corrected chi connectivity index (χ1v) is 13.8. The van der Waals surface area contributed by atoms with Crippen molar-refractivity contribution in [1.29, 1.82) is 0 Å². The van der Waals surface area contributed by atoms with Crippen molar-refractivity contribution < 1.29 is 13.9 Å². The predicted octanol–water partition coefficient (Wildman–Crippen LogP) is 5.11. The molecule has 0 spiro atoms. The average molecular weight is 530 g/mol. The minimum absolute atomic E-state index is 0.131. The second-order valence-corrected chi connectivity index (χ2v) is 11.2. The number of hydrogen-bond acceptors (Lipinski definition) is 6. The zero-order valence-electron chi connectivity index (χ0n) is 22.2. The Hall–Kier alpha value is -3.95. The molecule has 2 bridgehead atoms. The monoisotopic (exact) mass is 529 g/mol. The minimum atomic E-state index is -0.792. The lowest BCUT2D eigenvalue weighted by molar-refractivity contribution is 0.102. The summed E-state index contributed by atoms with van der Waals surface area (Å²) >= 11 is 0. The SMILES string of the molecule is Cc1cc2cc(n1)-c1cnn(C)c1OCCCC(C1CC1)Cn1c(nc3cc(NC4CC4F)ccc31)NC2=O. The van der Waals surface area contributed by atoms with Gasteiger partial charge >= 0.3 is 0 Å². The molecule has 4 aromatic rings. The number of benzene rings is 1. The molecule has 2 fully saturated rings. The molecule has 2 aliphatic carbocycles. The number of nitrogens with zero attached hydrogens (tertiary/aromatic N) is 5. The highest BCUT2D eigenvalue weighted by Gasteiger charge is 2.37. The Labute approximate surface area is 225 Å². The molecule has 0 saturated heterocycles. The van der Waals surface area contributed by atoms with Gasteiger partial charge in [0.2, 0.25) is 11.8 Å². The smallest absolute Gasteiger partial charge is 0.258 e. The molecule has 10 heteroatoms. The highest BCUT2D eigenvalue weighted by Crippen LogP contribution is 2.41. The fourth-order valence-electron chi connectivity index (χ4n) is 5.70. The summed E-state index contributed by atoms with van der Waals surface area (Å²) in [7, 11) is 1.86. The number of hydrogen-bond donors (Lipinski definition) is 2. The lowest BCUT2D eigenvalue weighted by Crippen LogP contribution is -2.20. The van der Waals surface area contributed by atoms with E-state index in [9.17, 15) is 9.18 Å². The predicted molar refractivity (Wildman–Crippen MR) is 147 cm³/mol. The first-order chi connectivity index (χ1) is 18.9. The van der Waals surface area contributed by atoms with Gasteiger partial charge in [0, 0.05) is 37.0 Å². The van der Waals surface area contributed by atoms with Gasteiger partial charge in [-0.3, -0.25) is 15.1 Å². The van der Waals surface area contributed by atoms with Crippen molar-refractivity contribution in [3.63, 3.8) is 0 Å². The average Bonchev–Trinajstić information content (AvgIpc) is 3.81. The number of amides is 1. The van der Waals surface area contributed by atoms with Crippen LogP contribution in [0.3, 0.4) is 0 Å². The van der Waals surface area contributed by atoms with Crippen molar-refractivity contribution in [1.82, 2.24) is 24.3 Å². The van der Waals surface area contributed by atoms with Crippen LogP contribution in [0.5, 0.6) is 5.88 Å². The maximum absolute atomic E-state index is 13.6. The van der Waals surface area contributed by atoms with E-state index in [-0.39, 0.29) is 11.9 Å². The van der Waals surface area contributed by atoms with E-state index >= 15 is 0 Å². The van der Waals surface area contributed by atoms with Crippen LogP contribution in [0.2, 0.25) is 0 Å². The standard InChI is InChI=1S/C29H32FN7O2/c1-16-10-19-11-23(32-16)21-14-31-36(2)28(21)39-9-3-4-18(17-5-6-17)15-37-26-8-7-20(33-24-13-22(24)30)12-25(26)34-29(37)35-27(19)38/h7-8,10-12,14,17-18,22,24,33H,3-6,9,13,15H2,1-2H3,(H,34,35,38). The molecule has 0 radical (unpaired) electrons. The van der Waals surface area contributed by atoms with Crippen LogP contribution < -0.4 is 15.4 Å². The maximum atomic E-state index is 13.6. The summed E-state index contributed by atoms with van der Waals surface area (Å²) in [6, 6.07) is 9.37. The van der Waals surface area contributed by atoms with Crippen LogP contribution in [0.4, 0.5) is 16.0 Å². The van der Waals surface area contributed by atoms with E-state index < -0.39 is 6.17 Å². The Kier molecular flexibility index (Phi) is 5.79. The van der Waals surface area contributed by atoms with Gasteiger partial charge in [0.15, 0.2) is 0 Å². The van der Waals surface area contributed by atoms with Gasteiger partial charge in [0.05, 0.1) is 41.1 Å². The normalized spacial score (nSPS) is 23.2. The minimum Gasteiger partial charge on any atom is -0.477 e. The number of pyridine rings is 1. The largest absolute Gasteiger partial charge is 0.477 e. The van der Waals surface area contributed by atoms with Crippen LogP contribution in [0.15, 0.2) is 36.5 Å². The number of fused-ring (bicyclic) bond motifs is 7. The molecule has 1 amide bonds. The summed E-state index contributed by atoms with van der Waals surface area (Å²) in [5.74, 6) is 2.04. The number of anilines is 2. The molecule has 4 heterocycles. The highest BCUT2D eigenvalue weighted by atomic mass is 19.1. The highest BCUT2D eigenvalue weighted by molar-refractivity contribution is 6.05. The zero-order valence-corrected chi connectivity index (χ0v) is 22.2. The molecule has 202 valence electrons.